The molecule has 7 heteroatoms. The molecule has 4 aromatic carbocycles. The molecule has 1 aliphatic heterocycles. The molecule has 39 heavy (non-hydrogen) atoms. The first-order valence-corrected chi connectivity index (χ1v) is 12.3. The van der Waals surface area contributed by atoms with E-state index in [0.29, 0.717) is 34.2 Å². The molecule has 0 saturated carbocycles. The number of methoxy groups -OCH3 is 2. The number of aliphatic hydroxyl groups is 1. The molecule has 1 amide bonds. The Morgan fingerprint density at radius 1 is 0.769 bits per heavy atom. The van der Waals surface area contributed by atoms with E-state index in [9.17, 15) is 14.7 Å². The third kappa shape index (κ3) is 4.82. The average Bonchev–Trinajstić information content (AvgIpc) is 3.23. The molecule has 1 fully saturated rings. The number of carbonyl (C=O) groups excluding carboxylic acids is 2. The summed E-state index contributed by atoms with van der Waals surface area (Å²) in [5.41, 5.74) is 2.14. The van der Waals surface area contributed by atoms with Crippen molar-refractivity contribution in [3.63, 3.8) is 0 Å². The summed E-state index contributed by atoms with van der Waals surface area (Å²) >= 11 is 0. The Morgan fingerprint density at radius 2 is 1.49 bits per heavy atom. The number of ether oxygens (including phenoxy) is 3. The number of carbonyl (C=O) groups is 2. The number of hydrogen-bond donors (Lipinski definition) is 1. The Bertz CT molecular complexity index is 1580. The van der Waals surface area contributed by atoms with Gasteiger partial charge in [-0.1, -0.05) is 48.5 Å². The zero-order chi connectivity index (χ0) is 27.5. The van der Waals surface area contributed by atoms with E-state index in [4.69, 9.17) is 14.2 Å². The fourth-order valence-corrected chi connectivity index (χ4v) is 4.75. The summed E-state index contributed by atoms with van der Waals surface area (Å²) < 4.78 is 16.8. The molecule has 7 nitrogen and oxygen atoms in total. The van der Waals surface area contributed by atoms with Crippen molar-refractivity contribution < 1.29 is 28.9 Å². The Morgan fingerprint density at radius 3 is 2.21 bits per heavy atom. The third-order valence-corrected chi connectivity index (χ3v) is 6.63. The standard InChI is InChI=1S/C32H27NO6/c1-20-10-7-8-15-26(20)33-29(21-11-9-14-24(18-21)39-22-12-5-4-6-13-22)28(31(35)32(33)36)30(34)25-19-23(37-2)16-17-27(25)38-3/h4-19,29,34H,1-3H3/b30-28+. The van der Waals surface area contributed by atoms with Gasteiger partial charge < -0.3 is 19.3 Å². The van der Waals surface area contributed by atoms with Gasteiger partial charge in [-0.15, -0.1) is 0 Å². The highest BCUT2D eigenvalue weighted by atomic mass is 16.5. The van der Waals surface area contributed by atoms with Crippen molar-refractivity contribution in [3.8, 4) is 23.0 Å². The second kappa shape index (κ2) is 10.8. The number of nitrogens with zero attached hydrogens (tertiary/aromatic N) is 1. The Labute approximate surface area is 226 Å². The van der Waals surface area contributed by atoms with Gasteiger partial charge in [0.05, 0.1) is 31.4 Å². The van der Waals surface area contributed by atoms with Gasteiger partial charge in [-0.25, -0.2) is 0 Å². The molecule has 1 saturated heterocycles. The number of rotatable bonds is 7. The lowest BCUT2D eigenvalue weighted by molar-refractivity contribution is -0.132. The Balaban J connectivity index is 1.72. The number of anilines is 1. The maximum absolute atomic E-state index is 13.6. The monoisotopic (exact) mass is 521 g/mol. The summed E-state index contributed by atoms with van der Waals surface area (Å²) in [6.07, 6.45) is 0. The van der Waals surface area contributed by atoms with Crippen LogP contribution in [0.5, 0.6) is 23.0 Å². The molecule has 4 aromatic rings. The number of para-hydroxylation sites is 2. The second-order valence-corrected chi connectivity index (χ2v) is 9.01. The van der Waals surface area contributed by atoms with Gasteiger partial charge in [0.2, 0.25) is 0 Å². The van der Waals surface area contributed by atoms with Gasteiger partial charge in [0.1, 0.15) is 28.8 Å². The van der Waals surface area contributed by atoms with E-state index in [1.165, 1.54) is 19.1 Å². The molecule has 1 atom stereocenters. The molecule has 1 unspecified atom stereocenters. The number of aliphatic hydroxyl groups excluding tert-OH is 1. The fourth-order valence-electron chi connectivity index (χ4n) is 4.75. The van der Waals surface area contributed by atoms with Crippen LogP contribution in [-0.4, -0.2) is 31.0 Å². The molecule has 0 radical (unpaired) electrons. The van der Waals surface area contributed by atoms with Crippen LogP contribution in [0.2, 0.25) is 0 Å². The van der Waals surface area contributed by atoms with Crippen LogP contribution in [0.4, 0.5) is 5.69 Å². The highest BCUT2D eigenvalue weighted by Crippen LogP contribution is 2.45. The van der Waals surface area contributed by atoms with E-state index >= 15 is 0 Å². The molecule has 0 aromatic heterocycles. The number of Topliss-reactive ketones (excluding diaryl/α,β-unsaturated/α-hetero) is 1. The van der Waals surface area contributed by atoms with Crippen LogP contribution in [0, 0.1) is 6.92 Å². The molecule has 1 aliphatic rings. The van der Waals surface area contributed by atoms with E-state index in [1.807, 2.05) is 49.4 Å². The van der Waals surface area contributed by atoms with Crippen LogP contribution >= 0.6 is 0 Å². The minimum Gasteiger partial charge on any atom is -0.507 e. The minimum absolute atomic E-state index is 0.0633. The lowest BCUT2D eigenvalue weighted by atomic mass is 9.94. The van der Waals surface area contributed by atoms with Crippen LogP contribution < -0.4 is 19.1 Å². The summed E-state index contributed by atoms with van der Waals surface area (Å²) in [5, 5.41) is 11.6. The highest BCUT2D eigenvalue weighted by molar-refractivity contribution is 6.51. The number of hydrogen-bond acceptors (Lipinski definition) is 6. The van der Waals surface area contributed by atoms with Gasteiger partial charge in [0.25, 0.3) is 11.7 Å². The second-order valence-electron chi connectivity index (χ2n) is 9.01. The predicted octanol–water partition coefficient (Wildman–Crippen LogP) is 6.43. The van der Waals surface area contributed by atoms with Gasteiger partial charge in [0.15, 0.2) is 0 Å². The molecule has 196 valence electrons. The molecule has 5 rings (SSSR count). The Kier molecular flexibility index (Phi) is 7.06. The molecule has 1 N–H and O–H groups in total. The van der Waals surface area contributed by atoms with Crippen molar-refractivity contribution in [2.45, 2.75) is 13.0 Å². The third-order valence-electron chi connectivity index (χ3n) is 6.63. The van der Waals surface area contributed by atoms with Gasteiger partial charge in [-0.2, -0.15) is 0 Å². The summed E-state index contributed by atoms with van der Waals surface area (Å²) in [6, 6.07) is 27.7. The molecular formula is C32H27NO6. The van der Waals surface area contributed by atoms with Crippen molar-refractivity contribution in [2.75, 3.05) is 19.1 Å². The molecule has 0 bridgehead atoms. The number of amides is 1. The van der Waals surface area contributed by atoms with E-state index in [0.717, 1.165) is 5.56 Å². The van der Waals surface area contributed by atoms with Crippen LogP contribution in [0.25, 0.3) is 5.76 Å². The van der Waals surface area contributed by atoms with E-state index in [2.05, 4.69) is 0 Å². The van der Waals surface area contributed by atoms with Gasteiger partial charge in [-0.05, 0) is 66.6 Å². The number of ketones is 1. The van der Waals surface area contributed by atoms with Crippen LogP contribution in [-0.2, 0) is 9.59 Å². The van der Waals surface area contributed by atoms with E-state index < -0.39 is 17.7 Å². The smallest absolute Gasteiger partial charge is 0.300 e. The van der Waals surface area contributed by atoms with Crippen LogP contribution in [0.15, 0.2) is 103 Å². The average molecular weight is 522 g/mol. The first kappa shape index (κ1) is 25.6. The first-order chi connectivity index (χ1) is 18.9. The van der Waals surface area contributed by atoms with Crippen molar-refractivity contribution in [3.05, 3.63) is 119 Å². The maximum Gasteiger partial charge on any atom is 0.300 e. The van der Waals surface area contributed by atoms with Crippen molar-refractivity contribution in [2.24, 2.45) is 0 Å². The molecule has 0 aliphatic carbocycles. The zero-order valence-electron chi connectivity index (χ0n) is 21.8. The van der Waals surface area contributed by atoms with Crippen LogP contribution in [0.3, 0.4) is 0 Å². The largest absolute Gasteiger partial charge is 0.507 e. The lowest BCUT2D eigenvalue weighted by Crippen LogP contribution is -2.30. The SMILES string of the molecule is COc1ccc(OC)c(/C(O)=C2\C(=O)C(=O)N(c3ccccc3C)C2c2cccc(Oc3ccccc3)c2)c1. The Hall–Kier alpha value is -5.04. The van der Waals surface area contributed by atoms with Crippen molar-refractivity contribution in [1.82, 2.24) is 0 Å². The maximum atomic E-state index is 13.6. The quantitative estimate of drug-likeness (QED) is 0.171. The summed E-state index contributed by atoms with van der Waals surface area (Å²) in [7, 11) is 2.97. The predicted molar refractivity (Wildman–Crippen MR) is 148 cm³/mol. The molecule has 1 heterocycles. The normalized spacial score (nSPS) is 16.3. The van der Waals surface area contributed by atoms with Gasteiger partial charge in [-0.3, -0.25) is 14.5 Å². The molecule has 0 spiro atoms. The first-order valence-electron chi connectivity index (χ1n) is 12.3. The highest BCUT2D eigenvalue weighted by Gasteiger charge is 2.47. The van der Waals surface area contributed by atoms with E-state index in [1.54, 1.807) is 54.6 Å². The number of aryl methyl sites for hydroxylation is 1. The lowest BCUT2D eigenvalue weighted by Gasteiger charge is -2.27. The summed E-state index contributed by atoms with van der Waals surface area (Å²) in [4.78, 5) is 28.6. The summed E-state index contributed by atoms with van der Waals surface area (Å²) in [5.74, 6) is 0.0407. The van der Waals surface area contributed by atoms with Gasteiger partial charge in [0, 0.05) is 5.69 Å². The zero-order valence-corrected chi connectivity index (χ0v) is 21.8. The van der Waals surface area contributed by atoms with Crippen molar-refractivity contribution >= 4 is 23.1 Å². The van der Waals surface area contributed by atoms with E-state index in [-0.39, 0.29) is 16.9 Å². The van der Waals surface area contributed by atoms with Crippen LogP contribution in [0.1, 0.15) is 22.7 Å². The fraction of sp³-hybridized carbons (Fsp3) is 0.125. The summed E-state index contributed by atoms with van der Waals surface area (Å²) in [6.45, 7) is 1.87. The topological polar surface area (TPSA) is 85.3 Å². The van der Waals surface area contributed by atoms with Crippen molar-refractivity contribution in [1.29, 1.82) is 0 Å². The number of benzene rings is 4. The molecular weight excluding hydrogens is 494 g/mol. The van der Waals surface area contributed by atoms with Gasteiger partial charge >= 0.3 is 0 Å². The minimum atomic E-state index is -0.929.